The first kappa shape index (κ1) is 23.8. The summed E-state index contributed by atoms with van der Waals surface area (Å²) in [5, 5.41) is 5.89. The van der Waals surface area contributed by atoms with Crippen molar-refractivity contribution in [2.45, 2.75) is 12.8 Å². The quantitative estimate of drug-likeness (QED) is 0.284. The Hall–Kier alpha value is -2.30. The molecule has 0 spiro atoms. The van der Waals surface area contributed by atoms with E-state index in [1.54, 1.807) is 0 Å². The third-order valence-electron chi connectivity index (χ3n) is 5.97. The molecule has 0 heterocycles. The summed E-state index contributed by atoms with van der Waals surface area (Å²) < 4.78 is 0. The minimum atomic E-state index is -0.406. The molecule has 4 aromatic rings. The van der Waals surface area contributed by atoms with Gasteiger partial charge in [-0.15, -0.1) is 0 Å². The van der Waals surface area contributed by atoms with Crippen LogP contribution in [0, 0.1) is 5.92 Å². The highest BCUT2D eigenvalue weighted by atomic mass is 31.1. The number of hydrogen-bond donors (Lipinski definition) is 1. The van der Waals surface area contributed by atoms with E-state index in [4.69, 9.17) is 5.73 Å². The lowest BCUT2D eigenvalue weighted by molar-refractivity contribution is 0.574. The largest absolute Gasteiger partial charge is 0.330 e. The highest BCUT2D eigenvalue weighted by Crippen LogP contribution is 2.43. The van der Waals surface area contributed by atoms with Crippen molar-refractivity contribution in [2.75, 3.05) is 18.9 Å². The van der Waals surface area contributed by atoms with Gasteiger partial charge in [-0.1, -0.05) is 121 Å². The van der Waals surface area contributed by atoms with Crippen molar-refractivity contribution in [3.05, 3.63) is 121 Å². The average molecular weight is 470 g/mol. The molecule has 0 amide bonds. The fraction of sp³-hybridized carbons (Fsp3) is 0.200. The lowest BCUT2D eigenvalue weighted by atomic mass is 10.1. The first-order valence-electron chi connectivity index (χ1n) is 11.8. The average Bonchev–Trinajstić information content (AvgIpc) is 2.90. The molecule has 4 rings (SSSR count). The zero-order chi connectivity index (χ0) is 22.7. The molecule has 0 saturated heterocycles. The van der Waals surface area contributed by atoms with Crippen molar-refractivity contribution in [1.82, 2.24) is 0 Å². The Morgan fingerprint density at radius 2 is 0.788 bits per heavy atom. The Labute approximate surface area is 201 Å². The first-order chi connectivity index (χ1) is 16.3. The molecule has 0 bridgehead atoms. The van der Waals surface area contributed by atoms with Gasteiger partial charge in [-0.3, -0.25) is 0 Å². The van der Waals surface area contributed by atoms with Crippen molar-refractivity contribution >= 4 is 37.1 Å². The Balaban J connectivity index is 1.65. The molecule has 0 atom stereocenters. The van der Waals surface area contributed by atoms with Crippen LogP contribution in [-0.4, -0.2) is 18.9 Å². The molecule has 3 heteroatoms. The lowest BCUT2D eigenvalue weighted by Gasteiger charge is -2.29. The van der Waals surface area contributed by atoms with Gasteiger partial charge in [-0.05, 0) is 74.7 Å². The number of rotatable bonds is 11. The summed E-state index contributed by atoms with van der Waals surface area (Å²) in [5.74, 6) is 0.631. The van der Waals surface area contributed by atoms with E-state index < -0.39 is 15.8 Å². The van der Waals surface area contributed by atoms with Gasteiger partial charge in [0.1, 0.15) is 0 Å². The molecule has 0 radical (unpaired) electrons. The van der Waals surface area contributed by atoms with Crippen LogP contribution in [-0.2, 0) is 0 Å². The van der Waals surface area contributed by atoms with Gasteiger partial charge in [0.15, 0.2) is 0 Å². The zero-order valence-corrected chi connectivity index (χ0v) is 20.9. The predicted molar refractivity (Wildman–Crippen MR) is 150 cm³/mol. The van der Waals surface area contributed by atoms with E-state index in [0.717, 1.165) is 13.0 Å². The fourth-order valence-corrected chi connectivity index (χ4v) is 9.74. The van der Waals surface area contributed by atoms with Gasteiger partial charge in [0.05, 0.1) is 0 Å². The lowest BCUT2D eigenvalue weighted by Crippen LogP contribution is -2.24. The maximum atomic E-state index is 5.99. The van der Waals surface area contributed by atoms with Gasteiger partial charge < -0.3 is 5.73 Å². The van der Waals surface area contributed by atoms with Crippen molar-refractivity contribution < 1.29 is 0 Å². The summed E-state index contributed by atoms with van der Waals surface area (Å²) in [7, 11) is -0.811. The molecule has 0 unspecified atom stereocenters. The van der Waals surface area contributed by atoms with Gasteiger partial charge in [0.25, 0.3) is 0 Å². The van der Waals surface area contributed by atoms with E-state index in [0.29, 0.717) is 5.92 Å². The third-order valence-corrected chi connectivity index (χ3v) is 11.4. The maximum absolute atomic E-state index is 5.99. The second-order valence-corrected chi connectivity index (χ2v) is 12.9. The van der Waals surface area contributed by atoms with Crippen molar-refractivity contribution in [3.8, 4) is 0 Å². The number of nitrogens with two attached hydrogens (primary N) is 1. The summed E-state index contributed by atoms with van der Waals surface area (Å²) in [5.41, 5.74) is 5.99. The SMILES string of the molecule is NCCCC(CP(c1ccccc1)c1ccccc1)CP(c1ccccc1)c1ccccc1. The summed E-state index contributed by atoms with van der Waals surface area (Å²) >= 11 is 0. The Morgan fingerprint density at radius 3 is 1.06 bits per heavy atom. The van der Waals surface area contributed by atoms with Crippen LogP contribution >= 0.6 is 15.8 Å². The van der Waals surface area contributed by atoms with E-state index in [-0.39, 0.29) is 0 Å². The van der Waals surface area contributed by atoms with Crippen LogP contribution in [0.4, 0.5) is 0 Å². The molecule has 0 aliphatic carbocycles. The normalized spacial score (nSPS) is 11.4. The van der Waals surface area contributed by atoms with E-state index >= 15 is 0 Å². The van der Waals surface area contributed by atoms with E-state index in [2.05, 4.69) is 121 Å². The second kappa shape index (κ2) is 12.8. The molecule has 0 fully saturated rings. The van der Waals surface area contributed by atoms with Crippen LogP contribution in [0.3, 0.4) is 0 Å². The summed E-state index contributed by atoms with van der Waals surface area (Å²) in [6, 6.07) is 44.5. The molecule has 0 saturated carbocycles. The Morgan fingerprint density at radius 1 is 0.485 bits per heavy atom. The molecule has 0 aromatic heterocycles. The predicted octanol–water partition coefficient (Wildman–Crippen LogP) is 5.61. The molecule has 0 aliphatic heterocycles. The van der Waals surface area contributed by atoms with E-state index in [1.165, 1.54) is 40.0 Å². The number of benzene rings is 4. The molecule has 1 nitrogen and oxygen atoms in total. The molecule has 33 heavy (non-hydrogen) atoms. The van der Waals surface area contributed by atoms with E-state index in [1.807, 2.05) is 0 Å². The van der Waals surface area contributed by atoms with Crippen LogP contribution in [0.15, 0.2) is 121 Å². The highest BCUT2D eigenvalue weighted by Gasteiger charge is 2.24. The maximum Gasteiger partial charge on any atom is -0.00772 e. The summed E-state index contributed by atoms with van der Waals surface area (Å²) in [4.78, 5) is 0. The zero-order valence-electron chi connectivity index (χ0n) is 19.1. The van der Waals surface area contributed by atoms with Crippen LogP contribution in [0.25, 0.3) is 0 Å². The molecule has 168 valence electrons. The molecular formula is C30H33NP2. The van der Waals surface area contributed by atoms with Gasteiger partial charge in [-0.25, -0.2) is 0 Å². The van der Waals surface area contributed by atoms with Crippen molar-refractivity contribution in [1.29, 1.82) is 0 Å². The monoisotopic (exact) mass is 469 g/mol. The molecule has 4 aromatic carbocycles. The minimum absolute atomic E-state index is 0.406. The van der Waals surface area contributed by atoms with E-state index in [9.17, 15) is 0 Å². The summed E-state index contributed by atoms with van der Waals surface area (Å²) in [6.07, 6.45) is 4.70. The van der Waals surface area contributed by atoms with Gasteiger partial charge in [0.2, 0.25) is 0 Å². The van der Waals surface area contributed by atoms with Crippen LogP contribution in [0.1, 0.15) is 12.8 Å². The van der Waals surface area contributed by atoms with Gasteiger partial charge in [-0.2, -0.15) is 0 Å². The van der Waals surface area contributed by atoms with Crippen LogP contribution in [0.2, 0.25) is 0 Å². The minimum Gasteiger partial charge on any atom is -0.330 e. The molecule has 0 aliphatic rings. The van der Waals surface area contributed by atoms with Crippen molar-refractivity contribution in [2.24, 2.45) is 11.7 Å². The highest BCUT2D eigenvalue weighted by molar-refractivity contribution is 7.74. The van der Waals surface area contributed by atoms with Crippen molar-refractivity contribution in [3.63, 3.8) is 0 Å². The molecular weight excluding hydrogens is 436 g/mol. The van der Waals surface area contributed by atoms with Crippen LogP contribution < -0.4 is 27.0 Å². The smallest absolute Gasteiger partial charge is 0.00772 e. The standard InChI is InChI=1S/C30H33NP2/c31-23-13-14-26(24-32(27-15-5-1-6-16-27)28-17-7-2-8-18-28)25-33(29-19-9-3-10-20-29)30-21-11-4-12-22-30/h1-12,15-22,26H,13-14,23-25,31H2. The van der Waals surface area contributed by atoms with Gasteiger partial charge >= 0.3 is 0 Å². The number of hydrogen-bond acceptors (Lipinski definition) is 1. The third kappa shape index (κ3) is 6.84. The van der Waals surface area contributed by atoms with Gasteiger partial charge in [0, 0.05) is 0 Å². The fourth-order valence-electron chi connectivity index (χ4n) is 4.31. The van der Waals surface area contributed by atoms with Crippen LogP contribution in [0.5, 0.6) is 0 Å². The Kier molecular flexibility index (Phi) is 9.26. The molecule has 2 N–H and O–H groups in total. The topological polar surface area (TPSA) is 26.0 Å². The Bertz CT molecular complexity index is 891. The second-order valence-electron chi connectivity index (χ2n) is 8.36. The first-order valence-corrected chi connectivity index (χ1v) is 14.9. The summed E-state index contributed by atoms with van der Waals surface area (Å²) in [6.45, 7) is 0.764.